The lowest BCUT2D eigenvalue weighted by Gasteiger charge is -2.27. The van der Waals surface area contributed by atoms with Crippen molar-refractivity contribution in [3.05, 3.63) is 194 Å². The summed E-state index contributed by atoms with van der Waals surface area (Å²) < 4.78 is 12.9. The van der Waals surface area contributed by atoms with E-state index in [4.69, 9.17) is 13.8 Å². The predicted molar refractivity (Wildman–Crippen MR) is 227 cm³/mol. The summed E-state index contributed by atoms with van der Waals surface area (Å²) >= 11 is 0. The van der Waals surface area contributed by atoms with Crippen molar-refractivity contribution < 1.29 is 8.83 Å². The molecule has 4 heteroatoms. The van der Waals surface area contributed by atoms with Crippen molar-refractivity contribution in [1.82, 2.24) is 4.98 Å². The van der Waals surface area contributed by atoms with Crippen LogP contribution in [0.5, 0.6) is 0 Å². The Morgan fingerprint density at radius 1 is 0.382 bits per heavy atom. The van der Waals surface area contributed by atoms with Gasteiger partial charge in [-0.2, -0.15) is 0 Å². The number of nitrogens with zero attached hydrogens (tertiary/aromatic N) is 2. The molecule has 4 nitrogen and oxygen atoms in total. The smallest absolute Gasteiger partial charge is 0.227 e. The van der Waals surface area contributed by atoms with Gasteiger partial charge in [-0.15, -0.1) is 0 Å². The van der Waals surface area contributed by atoms with Crippen LogP contribution in [0.4, 0.5) is 17.1 Å². The van der Waals surface area contributed by atoms with Gasteiger partial charge in [-0.05, 0) is 104 Å². The predicted octanol–water partition coefficient (Wildman–Crippen LogP) is 14.5. The van der Waals surface area contributed by atoms with E-state index >= 15 is 0 Å². The molecule has 0 saturated carbocycles. The maximum Gasteiger partial charge on any atom is 0.227 e. The maximum atomic E-state index is 6.58. The molecule has 0 aliphatic carbocycles. The number of furan rings is 1. The number of anilines is 3. The monoisotopic (exact) mass is 704 g/mol. The average Bonchev–Trinajstić information content (AvgIpc) is 3.84. The lowest BCUT2D eigenvalue weighted by molar-refractivity contribution is 0.620. The molecule has 11 rings (SSSR count). The van der Waals surface area contributed by atoms with Gasteiger partial charge in [0.15, 0.2) is 5.58 Å². The summed E-state index contributed by atoms with van der Waals surface area (Å²) in [7, 11) is 0. The molecule has 0 amide bonds. The van der Waals surface area contributed by atoms with Gasteiger partial charge < -0.3 is 13.7 Å². The Bertz CT molecular complexity index is 3200. The van der Waals surface area contributed by atoms with Crippen molar-refractivity contribution in [3.8, 4) is 33.7 Å². The van der Waals surface area contributed by atoms with Crippen molar-refractivity contribution in [2.75, 3.05) is 4.90 Å². The number of rotatable bonds is 6. The van der Waals surface area contributed by atoms with Crippen LogP contribution in [0.1, 0.15) is 0 Å². The molecule has 55 heavy (non-hydrogen) atoms. The Morgan fingerprint density at radius 3 is 1.89 bits per heavy atom. The van der Waals surface area contributed by atoms with E-state index in [0.717, 1.165) is 66.8 Å². The normalized spacial score (nSPS) is 11.6. The second-order valence-electron chi connectivity index (χ2n) is 13.9. The van der Waals surface area contributed by atoms with E-state index in [2.05, 4.69) is 157 Å². The molecule has 0 bridgehead atoms. The van der Waals surface area contributed by atoms with Gasteiger partial charge in [-0.25, -0.2) is 4.98 Å². The number of hydrogen-bond donors (Lipinski definition) is 0. The van der Waals surface area contributed by atoms with Crippen LogP contribution in [0.3, 0.4) is 0 Å². The van der Waals surface area contributed by atoms with Gasteiger partial charge >= 0.3 is 0 Å². The second-order valence-corrected chi connectivity index (χ2v) is 13.9. The summed E-state index contributed by atoms with van der Waals surface area (Å²) in [6, 6.07) is 68.3. The van der Waals surface area contributed by atoms with E-state index < -0.39 is 0 Å². The highest BCUT2D eigenvalue weighted by Crippen LogP contribution is 2.45. The van der Waals surface area contributed by atoms with E-state index in [1.54, 1.807) is 0 Å². The quantitative estimate of drug-likeness (QED) is 0.162. The van der Waals surface area contributed by atoms with Crippen LogP contribution in [0.25, 0.3) is 88.3 Å². The molecular formula is C51H32N2O2. The Morgan fingerprint density at radius 2 is 1.07 bits per heavy atom. The summed E-state index contributed by atoms with van der Waals surface area (Å²) in [6.45, 7) is 0. The highest BCUT2D eigenvalue weighted by atomic mass is 16.4. The van der Waals surface area contributed by atoms with Crippen LogP contribution in [0.2, 0.25) is 0 Å². The van der Waals surface area contributed by atoms with Gasteiger partial charge in [0, 0.05) is 28.4 Å². The first kappa shape index (κ1) is 31.1. The molecule has 2 aromatic heterocycles. The molecule has 0 saturated heterocycles. The highest BCUT2D eigenvalue weighted by molar-refractivity contribution is 6.16. The van der Waals surface area contributed by atoms with Crippen LogP contribution < -0.4 is 4.90 Å². The second kappa shape index (κ2) is 12.6. The third-order valence-corrected chi connectivity index (χ3v) is 10.7. The first-order valence-corrected chi connectivity index (χ1v) is 18.5. The number of benzene rings is 9. The first-order valence-electron chi connectivity index (χ1n) is 18.5. The molecule has 0 atom stereocenters. The Hall–Kier alpha value is -7.43. The molecule has 0 aliphatic rings. The minimum atomic E-state index is 0.589. The van der Waals surface area contributed by atoms with Crippen molar-refractivity contribution >= 4 is 71.6 Å². The van der Waals surface area contributed by atoms with E-state index in [1.165, 1.54) is 27.1 Å². The SMILES string of the molecule is c1ccc(-c2cccc(N(c3ccc(-c4cc5ccccc5c5ccccc45)cc3)c3cccc4oc5cc6nc(-c7ccccc7)oc6cc5c34)c2)cc1. The Kier molecular flexibility index (Phi) is 7.14. The van der Waals surface area contributed by atoms with Crippen LogP contribution in [0, 0.1) is 0 Å². The third kappa shape index (κ3) is 5.26. The molecular weight excluding hydrogens is 673 g/mol. The fourth-order valence-corrected chi connectivity index (χ4v) is 8.08. The number of hydrogen-bond acceptors (Lipinski definition) is 4. The molecule has 0 spiro atoms. The van der Waals surface area contributed by atoms with Crippen molar-refractivity contribution in [1.29, 1.82) is 0 Å². The Balaban J connectivity index is 1.10. The minimum Gasteiger partial charge on any atom is -0.456 e. The maximum absolute atomic E-state index is 6.58. The number of oxazole rings is 1. The molecule has 9 aromatic carbocycles. The van der Waals surface area contributed by atoms with Gasteiger partial charge in [0.25, 0.3) is 0 Å². The highest BCUT2D eigenvalue weighted by Gasteiger charge is 2.22. The number of aromatic nitrogens is 1. The van der Waals surface area contributed by atoms with Crippen molar-refractivity contribution in [3.63, 3.8) is 0 Å². The van der Waals surface area contributed by atoms with Gasteiger partial charge in [-0.3, -0.25) is 0 Å². The van der Waals surface area contributed by atoms with E-state index in [9.17, 15) is 0 Å². The summed E-state index contributed by atoms with van der Waals surface area (Å²) in [5, 5.41) is 6.97. The molecule has 0 unspecified atom stereocenters. The summed E-state index contributed by atoms with van der Waals surface area (Å²) in [4.78, 5) is 7.17. The van der Waals surface area contributed by atoms with E-state index in [1.807, 2.05) is 42.5 Å². The molecule has 258 valence electrons. The molecule has 11 aromatic rings. The zero-order valence-corrected chi connectivity index (χ0v) is 29.7. The largest absolute Gasteiger partial charge is 0.456 e. The lowest BCUT2D eigenvalue weighted by Crippen LogP contribution is -2.10. The molecule has 0 N–H and O–H groups in total. The van der Waals surface area contributed by atoms with E-state index in [0.29, 0.717) is 11.5 Å². The van der Waals surface area contributed by atoms with Crippen LogP contribution in [0.15, 0.2) is 203 Å². The van der Waals surface area contributed by atoms with Crippen LogP contribution >= 0.6 is 0 Å². The van der Waals surface area contributed by atoms with Crippen LogP contribution in [-0.4, -0.2) is 4.98 Å². The third-order valence-electron chi connectivity index (χ3n) is 10.7. The van der Waals surface area contributed by atoms with Gasteiger partial charge in [0.1, 0.15) is 16.7 Å². The lowest BCUT2D eigenvalue weighted by atomic mass is 9.93. The fourth-order valence-electron chi connectivity index (χ4n) is 8.08. The van der Waals surface area contributed by atoms with Gasteiger partial charge in [0.05, 0.1) is 11.1 Å². The zero-order valence-electron chi connectivity index (χ0n) is 29.7. The number of fused-ring (bicyclic) bond motifs is 7. The standard InChI is InChI=1S/C51H32N2O2/c1-3-13-33(14-4-1)36-18-11-19-39(29-36)53(38-27-25-34(26-28-38)43-30-37-17-7-8-20-40(37)41-21-9-10-22-42(41)43)46-23-12-24-47-50(46)44-31-49-45(32-48(44)54-47)52-51(55-49)35-15-5-2-6-16-35/h1-32H. The van der Waals surface area contributed by atoms with Crippen molar-refractivity contribution in [2.24, 2.45) is 0 Å². The average molecular weight is 705 g/mol. The van der Waals surface area contributed by atoms with Crippen LogP contribution in [-0.2, 0) is 0 Å². The van der Waals surface area contributed by atoms with Crippen molar-refractivity contribution in [2.45, 2.75) is 0 Å². The minimum absolute atomic E-state index is 0.589. The van der Waals surface area contributed by atoms with Gasteiger partial charge in [-0.1, -0.05) is 127 Å². The topological polar surface area (TPSA) is 42.4 Å². The molecule has 0 aliphatic heterocycles. The Labute approximate surface area is 317 Å². The molecule has 2 heterocycles. The first-order chi connectivity index (χ1) is 27.2. The summed E-state index contributed by atoms with van der Waals surface area (Å²) in [6.07, 6.45) is 0. The van der Waals surface area contributed by atoms with Gasteiger partial charge in [0.2, 0.25) is 5.89 Å². The molecule has 0 radical (unpaired) electrons. The van der Waals surface area contributed by atoms with E-state index in [-0.39, 0.29) is 0 Å². The molecule has 0 fully saturated rings. The summed E-state index contributed by atoms with van der Waals surface area (Å²) in [5.41, 5.74) is 11.7. The zero-order chi connectivity index (χ0) is 36.3. The summed E-state index contributed by atoms with van der Waals surface area (Å²) in [5.74, 6) is 0.589. The fraction of sp³-hybridized carbons (Fsp3) is 0.